The number of nitrogens with zero attached hydrogens (tertiary/aromatic N) is 3. The zero-order valence-electron chi connectivity index (χ0n) is 15.2. The maximum Gasteiger partial charge on any atom is 0.250 e. The third kappa shape index (κ3) is 7.49. The molecule has 0 fully saturated rings. The zero-order chi connectivity index (χ0) is 18.1. The van der Waals surface area contributed by atoms with E-state index in [0.29, 0.717) is 0 Å². The minimum atomic E-state index is 0. The van der Waals surface area contributed by atoms with Gasteiger partial charge in [-0.05, 0) is 36.6 Å². The van der Waals surface area contributed by atoms with Crippen molar-refractivity contribution in [1.29, 1.82) is 0 Å². The topological polar surface area (TPSA) is 49.6 Å². The molecule has 7 heteroatoms. The van der Waals surface area contributed by atoms with E-state index in [0.717, 1.165) is 42.9 Å². The van der Waals surface area contributed by atoms with Gasteiger partial charge >= 0.3 is 0 Å². The maximum absolute atomic E-state index is 11.6. The average molecular weight is 533 g/mol. The third-order valence-electron chi connectivity index (χ3n) is 3.91. The van der Waals surface area contributed by atoms with Gasteiger partial charge in [-0.2, -0.15) is 0 Å². The Morgan fingerprint density at radius 3 is 2.58 bits per heavy atom. The summed E-state index contributed by atoms with van der Waals surface area (Å²) in [5.74, 6) is 0.875. The lowest BCUT2D eigenvalue weighted by Crippen LogP contribution is -2.38. The van der Waals surface area contributed by atoms with Crippen LogP contribution >= 0.6 is 39.9 Å². The van der Waals surface area contributed by atoms with Gasteiger partial charge in [0, 0.05) is 50.5 Å². The summed E-state index contributed by atoms with van der Waals surface area (Å²) in [5, 5.41) is 3.38. The summed E-state index contributed by atoms with van der Waals surface area (Å²) in [4.78, 5) is 18.1. The summed E-state index contributed by atoms with van der Waals surface area (Å²) in [6.07, 6.45) is 3.76. The first-order chi connectivity index (χ1) is 12.1. The van der Waals surface area contributed by atoms with Crippen LogP contribution in [0.5, 0.6) is 0 Å². The van der Waals surface area contributed by atoms with E-state index in [9.17, 15) is 4.79 Å². The molecule has 1 heterocycles. The molecule has 0 aliphatic heterocycles. The molecular formula is C19H26BrIN4O. The highest BCUT2D eigenvalue weighted by Gasteiger charge is 2.06. The van der Waals surface area contributed by atoms with Crippen molar-refractivity contribution < 1.29 is 0 Å². The zero-order valence-corrected chi connectivity index (χ0v) is 19.1. The van der Waals surface area contributed by atoms with E-state index in [1.54, 1.807) is 23.7 Å². The molecule has 1 aromatic carbocycles. The van der Waals surface area contributed by atoms with Crippen molar-refractivity contribution in [2.24, 2.45) is 4.99 Å². The van der Waals surface area contributed by atoms with Crippen molar-refractivity contribution in [3.05, 3.63) is 69.1 Å². The van der Waals surface area contributed by atoms with Crippen molar-refractivity contribution in [2.75, 3.05) is 20.6 Å². The van der Waals surface area contributed by atoms with Crippen molar-refractivity contribution in [1.82, 2.24) is 14.8 Å². The Balaban J connectivity index is 0.00000338. The normalized spacial score (nSPS) is 11.0. The first kappa shape index (κ1) is 22.7. The number of rotatable bonds is 7. The number of pyridine rings is 1. The summed E-state index contributed by atoms with van der Waals surface area (Å²) in [5.41, 5.74) is 1.29. The van der Waals surface area contributed by atoms with Gasteiger partial charge in [-0.1, -0.05) is 34.1 Å². The summed E-state index contributed by atoms with van der Waals surface area (Å²) < 4.78 is 2.83. The Kier molecular flexibility index (Phi) is 10.6. The molecule has 0 radical (unpaired) electrons. The minimum absolute atomic E-state index is 0. The van der Waals surface area contributed by atoms with Crippen LogP contribution in [0.15, 0.2) is 62.9 Å². The Hall–Kier alpha value is -1.35. The Morgan fingerprint density at radius 1 is 1.19 bits per heavy atom. The third-order valence-corrected chi connectivity index (χ3v) is 4.44. The number of benzene rings is 1. The van der Waals surface area contributed by atoms with Gasteiger partial charge in [0.2, 0.25) is 5.56 Å². The summed E-state index contributed by atoms with van der Waals surface area (Å²) in [6, 6.07) is 13.5. The fourth-order valence-electron chi connectivity index (χ4n) is 2.58. The van der Waals surface area contributed by atoms with Crippen molar-refractivity contribution in [3.63, 3.8) is 0 Å². The lowest BCUT2D eigenvalue weighted by Gasteiger charge is -2.22. The summed E-state index contributed by atoms with van der Waals surface area (Å²) in [7, 11) is 3.82. The van der Waals surface area contributed by atoms with E-state index in [-0.39, 0.29) is 29.5 Å². The fraction of sp³-hybridized carbons (Fsp3) is 0.368. The van der Waals surface area contributed by atoms with Crippen molar-refractivity contribution in [3.8, 4) is 0 Å². The van der Waals surface area contributed by atoms with Crippen LogP contribution in [0.4, 0.5) is 0 Å². The second-order valence-corrected chi connectivity index (χ2v) is 6.81. The number of aromatic nitrogens is 1. The van der Waals surface area contributed by atoms with Gasteiger partial charge in [0.25, 0.3) is 0 Å². The molecule has 0 amide bonds. The Labute approximate surface area is 180 Å². The number of aliphatic imine (C=N–C) groups is 1. The van der Waals surface area contributed by atoms with Gasteiger partial charge in [0.05, 0.1) is 0 Å². The highest BCUT2D eigenvalue weighted by Crippen LogP contribution is 2.11. The van der Waals surface area contributed by atoms with Gasteiger partial charge in [-0.25, -0.2) is 0 Å². The SMILES string of the molecule is CN=C(NCCCCn1ccccc1=O)N(C)Cc1ccc(Br)cc1.I. The van der Waals surface area contributed by atoms with Gasteiger partial charge in [-0.3, -0.25) is 9.79 Å². The van der Waals surface area contributed by atoms with Crippen LogP contribution in [0.1, 0.15) is 18.4 Å². The van der Waals surface area contributed by atoms with E-state index < -0.39 is 0 Å². The highest BCUT2D eigenvalue weighted by molar-refractivity contribution is 14.0. The number of halogens is 2. The van der Waals surface area contributed by atoms with Gasteiger partial charge in [-0.15, -0.1) is 24.0 Å². The molecule has 0 unspecified atom stereocenters. The second kappa shape index (κ2) is 12.1. The first-order valence-electron chi connectivity index (χ1n) is 8.42. The summed E-state index contributed by atoms with van der Waals surface area (Å²) in [6.45, 7) is 2.37. The van der Waals surface area contributed by atoms with Crippen LogP contribution < -0.4 is 10.9 Å². The number of nitrogens with one attached hydrogen (secondary N) is 1. The predicted octanol–water partition coefficient (Wildman–Crippen LogP) is 3.72. The molecule has 0 bridgehead atoms. The smallest absolute Gasteiger partial charge is 0.250 e. The minimum Gasteiger partial charge on any atom is -0.356 e. The van der Waals surface area contributed by atoms with Crippen LogP contribution in [0.25, 0.3) is 0 Å². The molecule has 5 nitrogen and oxygen atoms in total. The van der Waals surface area contributed by atoms with Gasteiger partial charge in [0.1, 0.15) is 0 Å². The van der Waals surface area contributed by atoms with Gasteiger partial charge in [0.15, 0.2) is 5.96 Å². The molecule has 0 aliphatic rings. The second-order valence-electron chi connectivity index (χ2n) is 5.90. The van der Waals surface area contributed by atoms with E-state index >= 15 is 0 Å². The maximum atomic E-state index is 11.6. The number of aryl methyl sites for hydroxylation is 1. The number of guanidine groups is 1. The molecular weight excluding hydrogens is 507 g/mol. The van der Waals surface area contributed by atoms with Crippen molar-refractivity contribution >= 4 is 45.9 Å². The lowest BCUT2D eigenvalue weighted by molar-refractivity contribution is 0.473. The highest BCUT2D eigenvalue weighted by atomic mass is 127. The van der Waals surface area contributed by atoms with Crippen LogP contribution in [0.2, 0.25) is 0 Å². The van der Waals surface area contributed by atoms with Crippen LogP contribution in [-0.2, 0) is 13.1 Å². The van der Waals surface area contributed by atoms with E-state index in [4.69, 9.17) is 0 Å². The predicted molar refractivity (Wildman–Crippen MR) is 122 cm³/mol. The van der Waals surface area contributed by atoms with Crippen LogP contribution in [-0.4, -0.2) is 36.1 Å². The number of hydrogen-bond acceptors (Lipinski definition) is 2. The van der Waals surface area contributed by atoms with E-state index in [1.165, 1.54) is 5.56 Å². The molecule has 0 atom stereocenters. The standard InChI is InChI=1S/C19H25BrN4O.HI/c1-21-19(23(2)15-16-8-10-17(20)11-9-16)22-12-4-6-14-24-13-5-3-7-18(24)25;/h3,5,7-11,13H,4,6,12,14-15H2,1-2H3,(H,21,22);1H. The van der Waals surface area contributed by atoms with E-state index in [2.05, 4.69) is 43.3 Å². The van der Waals surface area contributed by atoms with Crippen molar-refractivity contribution in [2.45, 2.75) is 25.9 Å². The summed E-state index contributed by atoms with van der Waals surface area (Å²) >= 11 is 3.45. The van der Waals surface area contributed by atoms with E-state index in [1.807, 2.05) is 31.4 Å². The monoisotopic (exact) mass is 532 g/mol. The molecule has 0 aliphatic carbocycles. The first-order valence-corrected chi connectivity index (χ1v) is 9.21. The molecule has 0 spiro atoms. The van der Waals surface area contributed by atoms with Gasteiger partial charge < -0.3 is 14.8 Å². The quantitative estimate of drug-likeness (QED) is 0.256. The number of unbranched alkanes of at least 4 members (excludes halogenated alkanes) is 1. The lowest BCUT2D eigenvalue weighted by atomic mass is 10.2. The molecule has 0 saturated carbocycles. The Morgan fingerprint density at radius 2 is 1.92 bits per heavy atom. The van der Waals surface area contributed by atoms with Crippen LogP contribution in [0, 0.1) is 0 Å². The molecule has 1 aromatic heterocycles. The molecule has 142 valence electrons. The molecule has 2 aromatic rings. The molecule has 0 saturated heterocycles. The van der Waals surface area contributed by atoms with Crippen LogP contribution in [0.3, 0.4) is 0 Å². The molecule has 26 heavy (non-hydrogen) atoms. The fourth-order valence-corrected chi connectivity index (χ4v) is 2.84. The molecule has 2 rings (SSSR count). The molecule has 1 N–H and O–H groups in total. The largest absolute Gasteiger partial charge is 0.356 e. The average Bonchev–Trinajstić information content (AvgIpc) is 2.61. The number of hydrogen-bond donors (Lipinski definition) is 1. The Bertz CT molecular complexity index is 746.